The minimum absolute atomic E-state index is 0.409. The molecule has 0 spiro atoms. The lowest BCUT2D eigenvalue weighted by atomic mass is 9.96. The maximum atomic E-state index is 5.80. The second-order valence-electron chi connectivity index (χ2n) is 5.77. The first-order valence-electron chi connectivity index (χ1n) is 7.53. The molecule has 0 bridgehead atoms. The van der Waals surface area contributed by atoms with Crippen LogP contribution in [-0.4, -0.2) is 36.7 Å². The van der Waals surface area contributed by atoms with E-state index in [-0.39, 0.29) is 0 Å². The molecule has 3 atom stereocenters. The first kappa shape index (κ1) is 15.0. The molecule has 1 rings (SSSR count). The van der Waals surface area contributed by atoms with Crippen LogP contribution in [-0.2, 0) is 4.74 Å². The van der Waals surface area contributed by atoms with Crippen LogP contribution >= 0.6 is 0 Å². The maximum absolute atomic E-state index is 5.80. The predicted octanol–water partition coefficient (Wildman–Crippen LogP) is 3.70. The van der Waals surface area contributed by atoms with E-state index < -0.39 is 0 Å². The number of ether oxygens (including phenoxy) is 1. The quantitative estimate of drug-likeness (QED) is 0.674. The highest BCUT2D eigenvalue weighted by atomic mass is 16.5. The summed E-state index contributed by atoms with van der Waals surface area (Å²) in [5.41, 5.74) is 0. The van der Waals surface area contributed by atoms with Crippen molar-refractivity contribution in [3.8, 4) is 0 Å². The van der Waals surface area contributed by atoms with E-state index in [0.29, 0.717) is 12.2 Å². The summed E-state index contributed by atoms with van der Waals surface area (Å²) in [4.78, 5) is 2.62. The molecule has 2 heteroatoms. The molecule has 0 saturated carbocycles. The highest BCUT2D eigenvalue weighted by Crippen LogP contribution is 2.19. The van der Waals surface area contributed by atoms with Gasteiger partial charge in [0.1, 0.15) is 0 Å². The molecule has 102 valence electrons. The lowest BCUT2D eigenvalue weighted by Crippen LogP contribution is -2.47. The number of unbranched alkanes of at least 4 members (excludes halogenated alkanes) is 1. The van der Waals surface area contributed by atoms with Gasteiger partial charge in [0.25, 0.3) is 0 Å². The summed E-state index contributed by atoms with van der Waals surface area (Å²) in [6.45, 7) is 12.5. The fourth-order valence-corrected chi connectivity index (χ4v) is 3.03. The molecule has 17 heavy (non-hydrogen) atoms. The molecule has 0 aliphatic carbocycles. The van der Waals surface area contributed by atoms with Crippen LogP contribution < -0.4 is 0 Å². The Morgan fingerprint density at radius 2 is 1.71 bits per heavy atom. The SMILES string of the molecule is CCCCC(CCC)CN1C[C@@H](C)O[C@@H](C)C1. The third kappa shape index (κ3) is 5.87. The molecule has 1 aliphatic rings. The van der Waals surface area contributed by atoms with Gasteiger partial charge in [-0.2, -0.15) is 0 Å². The van der Waals surface area contributed by atoms with E-state index in [1.807, 2.05) is 0 Å². The largest absolute Gasteiger partial charge is 0.373 e. The summed E-state index contributed by atoms with van der Waals surface area (Å²) in [6.07, 6.45) is 7.66. The zero-order valence-corrected chi connectivity index (χ0v) is 12.2. The molecule has 1 fully saturated rings. The van der Waals surface area contributed by atoms with Crippen molar-refractivity contribution in [1.82, 2.24) is 4.90 Å². The van der Waals surface area contributed by atoms with Crippen LogP contribution in [0.3, 0.4) is 0 Å². The number of nitrogens with zero attached hydrogens (tertiary/aromatic N) is 1. The molecule has 0 aromatic heterocycles. The molecule has 0 aromatic carbocycles. The van der Waals surface area contributed by atoms with Crippen molar-refractivity contribution in [2.75, 3.05) is 19.6 Å². The summed E-state index contributed by atoms with van der Waals surface area (Å²) in [6, 6.07) is 0. The lowest BCUT2D eigenvalue weighted by Gasteiger charge is -2.37. The number of morpholine rings is 1. The van der Waals surface area contributed by atoms with E-state index in [1.54, 1.807) is 0 Å². The van der Waals surface area contributed by atoms with Gasteiger partial charge in [-0.1, -0.05) is 33.1 Å². The highest BCUT2D eigenvalue weighted by Gasteiger charge is 2.23. The Kier molecular flexibility index (Phi) is 7.14. The van der Waals surface area contributed by atoms with Gasteiger partial charge < -0.3 is 4.74 Å². The molecule has 0 radical (unpaired) electrons. The van der Waals surface area contributed by atoms with Gasteiger partial charge in [0.05, 0.1) is 12.2 Å². The normalized spacial score (nSPS) is 28.2. The van der Waals surface area contributed by atoms with E-state index >= 15 is 0 Å². The van der Waals surface area contributed by atoms with Crippen LogP contribution in [0.5, 0.6) is 0 Å². The second kappa shape index (κ2) is 8.10. The minimum atomic E-state index is 0.409. The second-order valence-corrected chi connectivity index (χ2v) is 5.77. The lowest BCUT2D eigenvalue weighted by molar-refractivity contribution is -0.0719. The predicted molar refractivity (Wildman–Crippen MR) is 74.4 cm³/mol. The molecule has 2 nitrogen and oxygen atoms in total. The monoisotopic (exact) mass is 241 g/mol. The van der Waals surface area contributed by atoms with Crippen molar-refractivity contribution < 1.29 is 4.74 Å². The summed E-state index contributed by atoms with van der Waals surface area (Å²) in [5.74, 6) is 0.900. The molecule has 0 amide bonds. The van der Waals surface area contributed by atoms with E-state index in [1.165, 1.54) is 38.6 Å². The average Bonchev–Trinajstić information content (AvgIpc) is 2.24. The van der Waals surface area contributed by atoms with Gasteiger partial charge in [-0.05, 0) is 32.6 Å². The Morgan fingerprint density at radius 1 is 1.06 bits per heavy atom. The standard InChI is InChI=1S/C15H31NO/c1-5-7-9-15(8-6-2)12-16-10-13(3)17-14(4)11-16/h13-15H,5-12H2,1-4H3/t13-,14+,15?. The molecular formula is C15H31NO. The van der Waals surface area contributed by atoms with Crippen molar-refractivity contribution in [3.63, 3.8) is 0 Å². The third-order valence-electron chi connectivity index (χ3n) is 3.67. The third-order valence-corrected chi connectivity index (χ3v) is 3.67. The molecule has 0 aromatic rings. The first-order chi connectivity index (χ1) is 8.15. The Bertz CT molecular complexity index is 185. The molecule has 1 saturated heterocycles. The average molecular weight is 241 g/mol. The summed E-state index contributed by atoms with van der Waals surface area (Å²) in [5, 5.41) is 0. The van der Waals surface area contributed by atoms with Crippen LogP contribution in [0.4, 0.5) is 0 Å². The minimum Gasteiger partial charge on any atom is -0.373 e. The van der Waals surface area contributed by atoms with Gasteiger partial charge in [-0.3, -0.25) is 4.90 Å². The van der Waals surface area contributed by atoms with Crippen LogP contribution in [0.15, 0.2) is 0 Å². The Balaban J connectivity index is 2.36. The van der Waals surface area contributed by atoms with Crippen LogP contribution in [0, 0.1) is 5.92 Å². The topological polar surface area (TPSA) is 12.5 Å². The van der Waals surface area contributed by atoms with Gasteiger partial charge in [0.15, 0.2) is 0 Å². The Labute approximate surface area is 108 Å². The smallest absolute Gasteiger partial charge is 0.0678 e. The summed E-state index contributed by atoms with van der Waals surface area (Å²) in [7, 11) is 0. The Hall–Kier alpha value is -0.0800. The van der Waals surface area contributed by atoms with E-state index in [4.69, 9.17) is 4.74 Å². The van der Waals surface area contributed by atoms with Crippen molar-refractivity contribution >= 4 is 0 Å². The Morgan fingerprint density at radius 3 is 2.24 bits per heavy atom. The van der Waals surface area contributed by atoms with Gasteiger partial charge in [0.2, 0.25) is 0 Å². The summed E-state index contributed by atoms with van der Waals surface area (Å²) < 4.78 is 5.80. The zero-order chi connectivity index (χ0) is 12.7. The molecule has 1 unspecified atom stereocenters. The van der Waals surface area contributed by atoms with Crippen LogP contribution in [0.1, 0.15) is 59.8 Å². The number of hydrogen-bond acceptors (Lipinski definition) is 2. The van der Waals surface area contributed by atoms with E-state index in [0.717, 1.165) is 19.0 Å². The number of hydrogen-bond donors (Lipinski definition) is 0. The van der Waals surface area contributed by atoms with Gasteiger partial charge in [-0.25, -0.2) is 0 Å². The van der Waals surface area contributed by atoms with Gasteiger partial charge in [0, 0.05) is 19.6 Å². The van der Waals surface area contributed by atoms with Crippen molar-refractivity contribution in [2.24, 2.45) is 5.92 Å². The van der Waals surface area contributed by atoms with Crippen molar-refractivity contribution in [3.05, 3.63) is 0 Å². The summed E-state index contributed by atoms with van der Waals surface area (Å²) >= 11 is 0. The highest BCUT2D eigenvalue weighted by molar-refractivity contribution is 4.75. The maximum Gasteiger partial charge on any atom is 0.0678 e. The van der Waals surface area contributed by atoms with Gasteiger partial charge in [-0.15, -0.1) is 0 Å². The molecule has 1 heterocycles. The number of rotatable bonds is 7. The van der Waals surface area contributed by atoms with Crippen LogP contribution in [0.2, 0.25) is 0 Å². The fourth-order valence-electron chi connectivity index (χ4n) is 3.03. The molecule has 0 N–H and O–H groups in total. The van der Waals surface area contributed by atoms with Crippen molar-refractivity contribution in [2.45, 2.75) is 72.0 Å². The zero-order valence-electron chi connectivity index (χ0n) is 12.2. The molecular weight excluding hydrogens is 210 g/mol. The first-order valence-corrected chi connectivity index (χ1v) is 7.53. The van der Waals surface area contributed by atoms with E-state index in [9.17, 15) is 0 Å². The van der Waals surface area contributed by atoms with Gasteiger partial charge >= 0.3 is 0 Å². The van der Waals surface area contributed by atoms with Crippen LogP contribution in [0.25, 0.3) is 0 Å². The molecule has 1 aliphatic heterocycles. The van der Waals surface area contributed by atoms with E-state index in [2.05, 4.69) is 32.6 Å². The van der Waals surface area contributed by atoms with Crippen molar-refractivity contribution in [1.29, 1.82) is 0 Å². The fraction of sp³-hybridized carbons (Fsp3) is 1.00.